The van der Waals surface area contributed by atoms with E-state index in [0.717, 1.165) is 17.7 Å². The predicted molar refractivity (Wildman–Crippen MR) is 85.0 cm³/mol. The fourth-order valence-electron chi connectivity index (χ4n) is 2.21. The van der Waals surface area contributed by atoms with Gasteiger partial charge in [0.15, 0.2) is 5.82 Å². The molecule has 0 spiro atoms. The largest absolute Gasteiger partial charge is 0.416 e. The lowest BCUT2D eigenvalue weighted by atomic mass is 10.1. The highest BCUT2D eigenvalue weighted by Crippen LogP contribution is 2.31. The topological polar surface area (TPSA) is 82.5 Å². The van der Waals surface area contributed by atoms with Gasteiger partial charge in [-0.05, 0) is 28.8 Å². The van der Waals surface area contributed by atoms with Crippen LogP contribution in [0.25, 0.3) is 22.8 Å². The molecule has 132 valence electrons. The molecule has 4 aromatic rings. The van der Waals surface area contributed by atoms with Crippen molar-refractivity contribution in [1.82, 2.24) is 30.3 Å². The van der Waals surface area contributed by atoms with Gasteiger partial charge >= 0.3 is 6.18 Å². The molecule has 4 rings (SSSR count). The summed E-state index contributed by atoms with van der Waals surface area (Å²) < 4.78 is 43.6. The second-order valence-corrected chi connectivity index (χ2v) is 6.03. The standard InChI is InChI=1S/C15H9F3N6OS/c16-15(17,18)11-3-1-2-9(6-11)13-20-23-24(21-13)7-12-19-14(25-22-12)10-4-5-26-8-10/h1-6,8H,7H2. The Hall–Kier alpha value is -3.08. The minimum Gasteiger partial charge on any atom is -0.334 e. The zero-order valence-corrected chi connectivity index (χ0v) is 13.7. The van der Waals surface area contributed by atoms with Crippen LogP contribution in [0.15, 0.2) is 45.6 Å². The van der Waals surface area contributed by atoms with Crippen molar-refractivity contribution in [2.24, 2.45) is 0 Å². The van der Waals surface area contributed by atoms with Crippen LogP contribution in [0.2, 0.25) is 0 Å². The Bertz CT molecular complexity index is 1020. The first-order valence-corrected chi connectivity index (χ1v) is 8.24. The Balaban J connectivity index is 1.54. The van der Waals surface area contributed by atoms with E-state index < -0.39 is 11.7 Å². The number of hydrogen-bond acceptors (Lipinski definition) is 7. The maximum atomic E-state index is 12.8. The smallest absolute Gasteiger partial charge is 0.334 e. The molecule has 0 bridgehead atoms. The summed E-state index contributed by atoms with van der Waals surface area (Å²) in [4.78, 5) is 5.42. The summed E-state index contributed by atoms with van der Waals surface area (Å²) >= 11 is 1.50. The van der Waals surface area contributed by atoms with E-state index in [1.165, 1.54) is 28.3 Å². The van der Waals surface area contributed by atoms with E-state index in [0.29, 0.717) is 11.7 Å². The van der Waals surface area contributed by atoms with Gasteiger partial charge in [-0.25, -0.2) is 0 Å². The molecule has 0 saturated heterocycles. The van der Waals surface area contributed by atoms with Crippen LogP contribution in [0.1, 0.15) is 11.4 Å². The van der Waals surface area contributed by atoms with Gasteiger partial charge < -0.3 is 4.52 Å². The Labute approximate surface area is 148 Å². The lowest BCUT2D eigenvalue weighted by molar-refractivity contribution is -0.137. The molecule has 0 atom stereocenters. The first-order valence-electron chi connectivity index (χ1n) is 7.29. The lowest BCUT2D eigenvalue weighted by Gasteiger charge is -2.06. The molecule has 0 saturated carbocycles. The fraction of sp³-hybridized carbons (Fsp3) is 0.133. The minimum absolute atomic E-state index is 0.0812. The Morgan fingerprint density at radius 2 is 2.04 bits per heavy atom. The molecule has 0 aliphatic carbocycles. The van der Waals surface area contributed by atoms with Gasteiger partial charge in [-0.15, -0.1) is 10.2 Å². The SMILES string of the molecule is FC(F)(F)c1cccc(-c2nnn(Cc3noc(-c4ccsc4)n3)n2)c1. The molecule has 11 heteroatoms. The first kappa shape index (κ1) is 16.4. The summed E-state index contributed by atoms with van der Waals surface area (Å²) in [6.45, 7) is 0.0829. The van der Waals surface area contributed by atoms with E-state index in [9.17, 15) is 13.2 Å². The highest BCUT2D eigenvalue weighted by molar-refractivity contribution is 7.08. The molecule has 1 aromatic carbocycles. The van der Waals surface area contributed by atoms with E-state index >= 15 is 0 Å². The molecule has 0 radical (unpaired) electrons. The average molecular weight is 378 g/mol. The molecule has 26 heavy (non-hydrogen) atoms. The molecule has 3 aromatic heterocycles. The first-order chi connectivity index (χ1) is 12.5. The van der Waals surface area contributed by atoms with Gasteiger partial charge in [0.05, 0.1) is 11.1 Å². The summed E-state index contributed by atoms with van der Waals surface area (Å²) in [6, 6.07) is 6.59. The monoisotopic (exact) mass is 378 g/mol. The second kappa shape index (κ2) is 6.33. The van der Waals surface area contributed by atoms with Gasteiger partial charge in [0.25, 0.3) is 5.89 Å². The van der Waals surface area contributed by atoms with Gasteiger partial charge in [-0.2, -0.15) is 34.3 Å². The number of alkyl halides is 3. The summed E-state index contributed by atoms with van der Waals surface area (Å²) in [5.41, 5.74) is 0.257. The maximum Gasteiger partial charge on any atom is 0.416 e. The molecule has 0 N–H and O–H groups in total. The van der Waals surface area contributed by atoms with Gasteiger partial charge in [-0.3, -0.25) is 0 Å². The van der Waals surface area contributed by atoms with Crippen molar-refractivity contribution in [3.8, 4) is 22.8 Å². The number of rotatable bonds is 4. The van der Waals surface area contributed by atoms with Crippen LogP contribution in [0.3, 0.4) is 0 Å². The van der Waals surface area contributed by atoms with Crippen LogP contribution in [-0.2, 0) is 12.7 Å². The van der Waals surface area contributed by atoms with Crippen LogP contribution in [0.4, 0.5) is 13.2 Å². The van der Waals surface area contributed by atoms with Gasteiger partial charge in [0.2, 0.25) is 5.82 Å². The molecular weight excluding hydrogens is 369 g/mol. The van der Waals surface area contributed by atoms with Gasteiger partial charge in [0, 0.05) is 10.9 Å². The molecule has 0 aliphatic rings. The minimum atomic E-state index is -4.44. The molecule has 0 unspecified atom stereocenters. The van der Waals surface area contributed by atoms with Crippen LogP contribution in [-0.4, -0.2) is 30.3 Å². The van der Waals surface area contributed by atoms with Crippen LogP contribution in [0.5, 0.6) is 0 Å². The summed E-state index contributed by atoms with van der Waals surface area (Å²) in [7, 11) is 0. The maximum absolute atomic E-state index is 12.8. The lowest BCUT2D eigenvalue weighted by Crippen LogP contribution is -2.06. The van der Waals surface area contributed by atoms with Crippen molar-refractivity contribution in [1.29, 1.82) is 0 Å². The number of aromatic nitrogens is 6. The highest BCUT2D eigenvalue weighted by Gasteiger charge is 2.30. The predicted octanol–water partition coefficient (Wildman–Crippen LogP) is 3.52. The number of halogens is 3. The van der Waals surface area contributed by atoms with Crippen LogP contribution < -0.4 is 0 Å². The number of nitrogens with zero attached hydrogens (tertiary/aromatic N) is 6. The number of benzene rings is 1. The molecule has 0 aliphatic heterocycles. The zero-order valence-electron chi connectivity index (χ0n) is 12.9. The third kappa shape index (κ3) is 3.33. The van der Waals surface area contributed by atoms with Crippen molar-refractivity contribution < 1.29 is 17.7 Å². The molecule has 0 amide bonds. The second-order valence-electron chi connectivity index (χ2n) is 5.25. The number of thiophene rings is 1. The van der Waals surface area contributed by atoms with Gasteiger partial charge in [-0.1, -0.05) is 17.3 Å². The number of tetrazole rings is 1. The van der Waals surface area contributed by atoms with E-state index in [2.05, 4.69) is 25.6 Å². The van der Waals surface area contributed by atoms with Crippen LogP contribution in [0, 0.1) is 0 Å². The van der Waals surface area contributed by atoms with Crippen molar-refractivity contribution in [2.45, 2.75) is 12.7 Å². The quantitative estimate of drug-likeness (QED) is 0.540. The van der Waals surface area contributed by atoms with Crippen molar-refractivity contribution in [3.63, 3.8) is 0 Å². The van der Waals surface area contributed by atoms with E-state index in [4.69, 9.17) is 4.52 Å². The average Bonchev–Trinajstić information content (AvgIpc) is 3.36. The van der Waals surface area contributed by atoms with Crippen molar-refractivity contribution in [2.75, 3.05) is 0 Å². The Morgan fingerprint density at radius 1 is 1.15 bits per heavy atom. The van der Waals surface area contributed by atoms with E-state index in [-0.39, 0.29) is 17.9 Å². The van der Waals surface area contributed by atoms with E-state index in [1.807, 2.05) is 16.8 Å². The molecule has 3 heterocycles. The van der Waals surface area contributed by atoms with Crippen molar-refractivity contribution in [3.05, 3.63) is 52.5 Å². The molecular formula is C15H9F3N6OS. The normalized spacial score (nSPS) is 11.8. The molecule has 7 nitrogen and oxygen atoms in total. The van der Waals surface area contributed by atoms with Crippen molar-refractivity contribution >= 4 is 11.3 Å². The number of hydrogen-bond donors (Lipinski definition) is 0. The highest BCUT2D eigenvalue weighted by atomic mass is 32.1. The van der Waals surface area contributed by atoms with Crippen LogP contribution >= 0.6 is 11.3 Å². The Morgan fingerprint density at radius 3 is 2.81 bits per heavy atom. The summed E-state index contributed by atoms with van der Waals surface area (Å²) in [6.07, 6.45) is -4.44. The molecule has 0 fully saturated rings. The van der Waals surface area contributed by atoms with Gasteiger partial charge in [0.1, 0.15) is 6.54 Å². The zero-order chi connectivity index (χ0) is 18.1. The summed E-state index contributed by atoms with van der Waals surface area (Å²) in [5, 5.41) is 19.3. The van der Waals surface area contributed by atoms with E-state index in [1.54, 1.807) is 0 Å². The fourth-order valence-corrected chi connectivity index (χ4v) is 2.84. The third-order valence-electron chi connectivity index (χ3n) is 3.42. The third-order valence-corrected chi connectivity index (χ3v) is 4.10. The Kier molecular flexibility index (Phi) is 3.99. The summed E-state index contributed by atoms with van der Waals surface area (Å²) in [5.74, 6) is 0.788.